The molecule has 2 aliphatic rings. The summed E-state index contributed by atoms with van der Waals surface area (Å²) < 4.78 is 1.74. The monoisotopic (exact) mass is 507 g/mol. The van der Waals surface area contributed by atoms with E-state index in [4.69, 9.17) is 0 Å². The Morgan fingerprint density at radius 2 is 1.81 bits per heavy atom. The molecule has 1 aliphatic heterocycles. The van der Waals surface area contributed by atoms with E-state index < -0.39 is 11.6 Å². The van der Waals surface area contributed by atoms with E-state index in [-0.39, 0.29) is 17.0 Å². The maximum Gasteiger partial charge on any atom is 0.350 e. The number of rotatable bonds is 8. The predicted molar refractivity (Wildman–Crippen MR) is 146 cm³/mol. The molecule has 4 rings (SSSR count). The molecule has 9 nitrogen and oxygen atoms in total. The van der Waals surface area contributed by atoms with Crippen LogP contribution in [0.4, 0.5) is 5.82 Å². The van der Waals surface area contributed by atoms with Crippen LogP contribution in [0.3, 0.4) is 0 Å². The zero-order valence-corrected chi connectivity index (χ0v) is 22.7. The van der Waals surface area contributed by atoms with Crippen LogP contribution in [-0.2, 0) is 11.3 Å². The molecule has 37 heavy (non-hydrogen) atoms. The van der Waals surface area contributed by atoms with E-state index >= 15 is 0 Å². The van der Waals surface area contributed by atoms with E-state index in [9.17, 15) is 14.9 Å². The Labute approximate surface area is 219 Å². The number of carbonyl (C=O) groups is 1. The molecule has 2 fully saturated rings. The molecule has 1 atom stereocenters. The first kappa shape index (κ1) is 27.1. The van der Waals surface area contributed by atoms with Gasteiger partial charge in [0.25, 0.3) is 0 Å². The largest absolute Gasteiger partial charge is 0.358 e. The van der Waals surface area contributed by atoms with Gasteiger partial charge in [-0.3, -0.25) is 14.3 Å². The number of piperazine rings is 1. The van der Waals surface area contributed by atoms with E-state index in [2.05, 4.69) is 59.3 Å². The summed E-state index contributed by atoms with van der Waals surface area (Å²) in [5.41, 5.74) is -0.484. The maximum atomic E-state index is 13.5. The lowest BCUT2D eigenvalue weighted by atomic mass is 9.87. The Balaban J connectivity index is 1.59. The third-order valence-electron chi connectivity index (χ3n) is 7.60. The smallest absolute Gasteiger partial charge is 0.350 e. The highest BCUT2D eigenvalue weighted by Gasteiger charge is 2.38. The first-order chi connectivity index (χ1) is 17.6. The van der Waals surface area contributed by atoms with Gasteiger partial charge >= 0.3 is 5.69 Å². The molecule has 0 radical (unpaired) electrons. The number of hydrogen-bond donors (Lipinski definition) is 2. The van der Waals surface area contributed by atoms with Gasteiger partial charge in [-0.2, -0.15) is 10.2 Å². The fraction of sp³-hybridized carbons (Fsp3) is 0.643. The number of benzene rings is 1. The second kappa shape index (κ2) is 11.2. The topological polar surface area (TPSA) is 106 Å². The van der Waals surface area contributed by atoms with E-state index in [1.54, 1.807) is 4.57 Å². The highest BCUT2D eigenvalue weighted by molar-refractivity contribution is 5.92. The fourth-order valence-corrected chi connectivity index (χ4v) is 5.42. The number of carbonyl (C=O) groups excluding carboxylic acids is 1. The van der Waals surface area contributed by atoms with E-state index in [0.717, 1.165) is 56.5 Å². The molecule has 2 heterocycles. The Morgan fingerprint density at radius 3 is 2.46 bits per heavy atom. The van der Waals surface area contributed by atoms with Crippen LogP contribution >= 0.6 is 0 Å². The lowest BCUT2D eigenvalue weighted by molar-refractivity contribution is -0.123. The first-order valence-electron chi connectivity index (χ1n) is 13.5. The summed E-state index contributed by atoms with van der Waals surface area (Å²) in [4.78, 5) is 35.8. The molecule has 2 N–H and O–H groups in total. The molecule has 1 aliphatic carbocycles. The van der Waals surface area contributed by atoms with Crippen molar-refractivity contribution in [3.05, 3.63) is 34.7 Å². The molecule has 1 saturated heterocycles. The van der Waals surface area contributed by atoms with Crippen molar-refractivity contribution >= 4 is 22.6 Å². The number of amides is 1. The number of para-hydroxylation sites is 1. The molecule has 0 spiro atoms. The molecular formula is C28H41N7O2. The van der Waals surface area contributed by atoms with Crippen molar-refractivity contribution in [1.29, 1.82) is 5.26 Å². The molecule has 1 saturated carbocycles. The third-order valence-corrected chi connectivity index (χ3v) is 7.60. The number of hydrogen-bond acceptors (Lipinski definition) is 7. The summed E-state index contributed by atoms with van der Waals surface area (Å²) in [5, 5.41) is 16.9. The average molecular weight is 508 g/mol. The van der Waals surface area contributed by atoms with Gasteiger partial charge in [0.2, 0.25) is 5.91 Å². The lowest BCUT2D eigenvalue weighted by Gasteiger charge is -2.32. The highest BCUT2D eigenvalue weighted by Crippen LogP contribution is 2.30. The van der Waals surface area contributed by atoms with Crippen molar-refractivity contribution in [3.63, 3.8) is 0 Å². The van der Waals surface area contributed by atoms with Crippen LogP contribution in [0.25, 0.3) is 10.9 Å². The van der Waals surface area contributed by atoms with Gasteiger partial charge in [-0.05, 0) is 56.7 Å². The Bertz CT molecular complexity index is 1200. The molecule has 2 aromatic rings. The number of nitrogens with zero attached hydrogens (tertiary/aromatic N) is 5. The summed E-state index contributed by atoms with van der Waals surface area (Å²) in [6, 6.07) is 9.45. The van der Waals surface area contributed by atoms with Crippen LogP contribution in [-0.4, -0.2) is 76.6 Å². The minimum absolute atomic E-state index is 0.155. The number of fused-ring (bicyclic) bond motifs is 1. The minimum Gasteiger partial charge on any atom is -0.358 e. The summed E-state index contributed by atoms with van der Waals surface area (Å²) in [5.74, 6) is 0.196. The Kier molecular flexibility index (Phi) is 8.20. The van der Waals surface area contributed by atoms with Crippen molar-refractivity contribution in [2.75, 3.05) is 45.1 Å². The number of aromatic nitrogens is 2. The van der Waals surface area contributed by atoms with Crippen LogP contribution in [0.5, 0.6) is 0 Å². The molecule has 1 aromatic carbocycles. The Hall–Kier alpha value is -2.96. The van der Waals surface area contributed by atoms with Crippen LogP contribution < -0.4 is 16.3 Å². The average Bonchev–Trinajstić information content (AvgIpc) is 3.32. The van der Waals surface area contributed by atoms with Crippen molar-refractivity contribution in [1.82, 2.24) is 24.7 Å². The molecular weight excluding hydrogens is 466 g/mol. The van der Waals surface area contributed by atoms with Gasteiger partial charge in [0, 0.05) is 44.7 Å². The normalized spacial score (nSPS) is 19.4. The lowest BCUT2D eigenvalue weighted by Crippen LogP contribution is -2.52. The second-order valence-electron chi connectivity index (χ2n) is 11.9. The van der Waals surface area contributed by atoms with Crippen LogP contribution in [0.1, 0.15) is 52.9 Å². The number of nitriles is 1. The quantitative estimate of drug-likeness (QED) is 0.566. The molecule has 1 amide bonds. The number of anilines is 1. The van der Waals surface area contributed by atoms with Gasteiger partial charge in [-0.25, -0.2) is 4.79 Å². The van der Waals surface area contributed by atoms with Gasteiger partial charge in [-0.15, -0.1) is 0 Å². The van der Waals surface area contributed by atoms with Gasteiger partial charge in [0.15, 0.2) is 0 Å². The van der Waals surface area contributed by atoms with Crippen LogP contribution in [0.15, 0.2) is 29.1 Å². The fourth-order valence-electron chi connectivity index (χ4n) is 5.42. The van der Waals surface area contributed by atoms with Crippen molar-refractivity contribution in [2.24, 2.45) is 5.41 Å². The van der Waals surface area contributed by atoms with E-state index in [1.807, 2.05) is 24.3 Å². The van der Waals surface area contributed by atoms with Crippen LogP contribution in [0.2, 0.25) is 0 Å². The SMILES string of the molecule is CN1CCN(CCn2c(=O)nc(NC(CC(C)(C)C)C(=O)NC3(C#N)CCCC3)c3ccccc32)CC1. The second-order valence-corrected chi connectivity index (χ2v) is 11.9. The van der Waals surface area contributed by atoms with E-state index in [1.165, 1.54) is 0 Å². The molecule has 1 unspecified atom stereocenters. The van der Waals surface area contributed by atoms with Gasteiger partial charge in [0.05, 0.1) is 11.6 Å². The Morgan fingerprint density at radius 1 is 1.14 bits per heavy atom. The maximum absolute atomic E-state index is 13.5. The number of nitrogens with one attached hydrogen (secondary N) is 2. The van der Waals surface area contributed by atoms with Crippen molar-refractivity contribution in [2.45, 2.75) is 71.0 Å². The zero-order chi connectivity index (χ0) is 26.6. The van der Waals surface area contributed by atoms with Gasteiger partial charge in [0.1, 0.15) is 17.4 Å². The summed E-state index contributed by atoms with van der Waals surface area (Å²) in [7, 11) is 2.13. The number of likely N-dealkylation sites (N-methyl/N-ethyl adjacent to an activating group) is 1. The molecule has 1 aromatic heterocycles. The molecule has 9 heteroatoms. The summed E-state index contributed by atoms with van der Waals surface area (Å²) in [6.07, 6.45) is 3.74. The highest BCUT2D eigenvalue weighted by atomic mass is 16.2. The third kappa shape index (κ3) is 6.68. The molecule has 200 valence electrons. The summed E-state index contributed by atoms with van der Waals surface area (Å²) in [6.45, 7) is 11.6. The van der Waals surface area contributed by atoms with Gasteiger partial charge < -0.3 is 15.5 Å². The van der Waals surface area contributed by atoms with Gasteiger partial charge in [-0.1, -0.05) is 32.9 Å². The summed E-state index contributed by atoms with van der Waals surface area (Å²) >= 11 is 0. The van der Waals surface area contributed by atoms with E-state index in [0.29, 0.717) is 31.6 Å². The van der Waals surface area contributed by atoms with Crippen molar-refractivity contribution in [3.8, 4) is 6.07 Å². The van der Waals surface area contributed by atoms with Crippen molar-refractivity contribution < 1.29 is 4.79 Å². The standard InChI is InChI=1S/C28H41N7O2/c1-27(2,3)19-22(25(36)32-28(20-29)11-7-8-12-28)30-24-21-9-5-6-10-23(21)35(26(37)31-24)18-17-34-15-13-33(4)14-16-34/h5-6,9-10,22H,7-8,11-19H2,1-4H3,(H,32,36)(H,30,31,37). The molecule has 0 bridgehead atoms. The zero-order valence-electron chi connectivity index (χ0n) is 22.7. The minimum atomic E-state index is -0.808. The first-order valence-corrected chi connectivity index (χ1v) is 13.5. The predicted octanol–water partition coefficient (Wildman–Crippen LogP) is 2.81. The van der Waals surface area contributed by atoms with Crippen LogP contribution in [0, 0.1) is 16.7 Å².